The van der Waals surface area contributed by atoms with Gasteiger partial charge in [0.1, 0.15) is 11.7 Å². The van der Waals surface area contributed by atoms with Gasteiger partial charge >= 0.3 is 0 Å². The Morgan fingerprint density at radius 1 is 1.35 bits per heavy atom. The Labute approximate surface area is 105 Å². The first-order valence-corrected chi connectivity index (χ1v) is 6.34. The molecule has 1 saturated heterocycles. The fraction of sp³-hybridized carbons (Fsp3) is 0.462. The van der Waals surface area contributed by atoms with Crippen molar-refractivity contribution >= 4 is 17.5 Å². The molecular weight excluding hydrogens is 241 g/mol. The molecule has 1 aromatic rings. The highest BCUT2D eigenvalue weighted by atomic mass is 35.5. The molecule has 0 saturated carbocycles. The molecule has 1 heterocycles. The molecule has 1 fully saturated rings. The number of likely N-dealkylation sites (tertiary alicyclic amines) is 1. The summed E-state index contributed by atoms with van der Waals surface area (Å²) >= 11 is 5.51. The fourth-order valence-corrected chi connectivity index (χ4v) is 2.50. The number of amides is 1. The summed E-state index contributed by atoms with van der Waals surface area (Å²) in [5, 5.41) is 0. The molecule has 2 rings (SSSR count). The van der Waals surface area contributed by atoms with Crippen LogP contribution in [0.25, 0.3) is 0 Å². The lowest BCUT2D eigenvalue weighted by Gasteiger charge is -2.32. The molecular formula is C13H15ClFNO. The van der Waals surface area contributed by atoms with E-state index in [9.17, 15) is 9.18 Å². The van der Waals surface area contributed by atoms with E-state index < -0.39 is 0 Å². The molecule has 2 nitrogen and oxygen atoms in total. The Balaban J connectivity index is 2.00. The van der Waals surface area contributed by atoms with E-state index in [4.69, 9.17) is 11.6 Å². The third-order valence-electron chi connectivity index (χ3n) is 3.31. The van der Waals surface area contributed by atoms with Crippen LogP contribution in [0.4, 0.5) is 4.39 Å². The summed E-state index contributed by atoms with van der Waals surface area (Å²) in [6, 6.07) is 6.88. The maximum atomic E-state index is 13.6. The minimum atomic E-state index is -0.144. The van der Waals surface area contributed by atoms with Crippen molar-refractivity contribution in [3.8, 4) is 0 Å². The second kappa shape index (κ2) is 5.50. The van der Waals surface area contributed by atoms with E-state index in [-0.39, 0.29) is 23.5 Å². The number of nitrogens with zero attached hydrogens (tertiary/aromatic N) is 1. The van der Waals surface area contributed by atoms with E-state index >= 15 is 0 Å². The molecule has 4 heteroatoms. The average Bonchev–Trinajstić information content (AvgIpc) is 2.39. The van der Waals surface area contributed by atoms with Crippen molar-refractivity contribution in [1.82, 2.24) is 4.90 Å². The molecule has 0 aromatic heterocycles. The Morgan fingerprint density at radius 3 is 2.59 bits per heavy atom. The van der Waals surface area contributed by atoms with Gasteiger partial charge in [-0.1, -0.05) is 18.2 Å². The topological polar surface area (TPSA) is 20.3 Å². The molecule has 0 spiro atoms. The molecule has 1 aliphatic heterocycles. The van der Waals surface area contributed by atoms with Gasteiger partial charge in [0.25, 0.3) is 0 Å². The van der Waals surface area contributed by atoms with Crippen molar-refractivity contribution < 1.29 is 9.18 Å². The number of halogens is 2. The van der Waals surface area contributed by atoms with Crippen LogP contribution in [0.15, 0.2) is 24.3 Å². The van der Waals surface area contributed by atoms with Crippen LogP contribution in [-0.2, 0) is 4.79 Å². The first-order valence-electron chi connectivity index (χ1n) is 5.80. The van der Waals surface area contributed by atoms with Crippen molar-refractivity contribution in [3.05, 3.63) is 35.6 Å². The molecule has 0 atom stereocenters. The van der Waals surface area contributed by atoms with Crippen molar-refractivity contribution in [2.24, 2.45) is 0 Å². The van der Waals surface area contributed by atoms with Crippen LogP contribution < -0.4 is 0 Å². The molecule has 92 valence electrons. The zero-order valence-corrected chi connectivity index (χ0v) is 10.3. The van der Waals surface area contributed by atoms with Crippen LogP contribution in [0.1, 0.15) is 24.3 Å². The number of benzene rings is 1. The Kier molecular flexibility index (Phi) is 4.00. The van der Waals surface area contributed by atoms with Gasteiger partial charge in [-0.25, -0.2) is 4.39 Å². The van der Waals surface area contributed by atoms with E-state index in [1.54, 1.807) is 11.0 Å². The molecule has 1 amide bonds. The highest BCUT2D eigenvalue weighted by Crippen LogP contribution is 2.29. The number of rotatable bonds is 2. The predicted octanol–water partition coefficient (Wildman–Crippen LogP) is 2.77. The van der Waals surface area contributed by atoms with Crippen LogP contribution in [-0.4, -0.2) is 29.8 Å². The molecule has 0 bridgehead atoms. The van der Waals surface area contributed by atoms with E-state index in [0.29, 0.717) is 13.1 Å². The second-order valence-electron chi connectivity index (χ2n) is 4.31. The Bertz CT molecular complexity index is 402. The van der Waals surface area contributed by atoms with Gasteiger partial charge in [0.05, 0.1) is 0 Å². The molecule has 1 aromatic carbocycles. The molecule has 0 radical (unpaired) electrons. The van der Waals surface area contributed by atoms with Crippen LogP contribution in [0.2, 0.25) is 0 Å². The zero-order chi connectivity index (χ0) is 12.3. The maximum Gasteiger partial charge on any atom is 0.237 e. The third-order valence-corrected chi connectivity index (χ3v) is 3.54. The largest absolute Gasteiger partial charge is 0.342 e. The lowest BCUT2D eigenvalue weighted by Crippen LogP contribution is -2.38. The highest BCUT2D eigenvalue weighted by Gasteiger charge is 2.24. The summed E-state index contributed by atoms with van der Waals surface area (Å²) < 4.78 is 13.6. The van der Waals surface area contributed by atoms with Crippen LogP contribution in [0.3, 0.4) is 0 Å². The number of carbonyl (C=O) groups is 1. The minimum absolute atomic E-state index is 0.0290. The Hall–Kier alpha value is -1.09. The van der Waals surface area contributed by atoms with Gasteiger partial charge in [-0.3, -0.25) is 4.79 Å². The quantitative estimate of drug-likeness (QED) is 0.744. The number of piperidine rings is 1. The molecule has 1 aliphatic rings. The number of hydrogen-bond donors (Lipinski definition) is 0. The summed E-state index contributed by atoms with van der Waals surface area (Å²) in [7, 11) is 0. The Morgan fingerprint density at radius 2 is 2.00 bits per heavy atom. The van der Waals surface area contributed by atoms with Gasteiger partial charge in [0, 0.05) is 13.1 Å². The summed E-state index contributed by atoms with van der Waals surface area (Å²) in [5.41, 5.74) is 0.769. The van der Waals surface area contributed by atoms with Gasteiger partial charge in [-0.15, -0.1) is 11.6 Å². The summed E-state index contributed by atoms with van der Waals surface area (Å²) in [6.45, 7) is 1.34. The van der Waals surface area contributed by atoms with Crippen molar-refractivity contribution in [2.75, 3.05) is 19.0 Å². The number of alkyl halides is 1. The molecule has 17 heavy (non-hydrogen) atoms. The second-order valence-corrected chi connectivity index (χ2v) is 4.58. The summed E-state index contributed by atoms with van der Waals surface area (Å²) in [4.78, 5) is 13.2. The van der Waals surface area contributed by atoms with Gasteiger partial charge in [-0.2, -0.15) is 0 Å². The number of hydrogen-bond acceptors (Lipinski definition) is 1. The van der Waals surface area contributed by atoms with E-state index in [0.717, 1.165) is 18.4 Å². The summed E-state index contributed by atoms with van der Waals surface area (Å²) in [5.74, 6) is 0.0773. The normalized spacial score (nSPS) is 17.2. The van der Waals surface area contributed by atoms with Gasteiger partial charge < -0.3 is 4.90 Å². The summed E-state index contributed by atoms with van der Waals surface area (Å²) in [6.07, 6.45) is 1.62. The van der Waals surface area contributed by atoms with Crippen molar-refractivity contribution in [2.45, 2.75) is 18.8 Å². The van der Waals surface area contributed by atoms with Crippen molar-refractivity contribution in [3.63, 3.8) is 0 Å². The lowest BCUT2D eigenvalue weighted by atomic mass is 9.89. The molecule has 0 unspecified atom stereocenters. The lowest BCUT2D eigenvalue weighted by molar-refractivity contribution is -0.129. The zero-order valence-electron chi connectivity index (χ0n) is 9.53. The first-order chi connectivity index (χ1) is 8.22. The van der Waals surface area contributed by atoms with Crippen molar-refractivity contribution in [1.29, 1.82) is 0 Å². The monoisotopic (exact) mass is 255 g/mol. The van der Waals surface area contributed by atoms with Crippen LogP contribution in [0.5, 0.6) is 0 Å². The standard InChI is InChI=1S/C13H15ClFNO/c14-9-13(17)16-7-5-10(6-8-16)11-3-1-2-4-12(11)15/h1-4,10H,5-9H2. The van der Waals surface area contributed by atoms with Gasteiger partial charge in [0.15, 0.2) is 0 Å². The average molecular weight is 256 g/mol. The van der Waals surface area contributed by atoms with Crippen LogP contribution in [0, 0.1) is 5.82 Å². The van der Waals surface area contributed by atoms with E-state index in [1.165, 1.54) is 6.07 Å². The molecule has 0 N–H and O–H groups in total. The predicted molar refractivity (Wildman–Crippen MR) is 65.7 cm³/mol. The first kappa shape index (κ1) is 12.4. The van der Waals surface area contributed by atoms with E-state index in [2.05, 4.69) is 0 Å². The highest BCUT2D eigenvalue weighted by molar-refractivity contribution is 6.27. The van der Waals surface area contributed by atoms with Crippen LogP contribution >= 0.6 is 11.6 Å². The van der Waals surface area contributed by atoms with E-state index in [1.807, 2.05) is 12.1 Å². The fourth-order valence-electron chi connectivity index (χ4n) is 2.33. The molecule has 0 aliphatic carbocycles. The minimum Gasteiger partial charge on any atom is -0.342 e. The maximum absolute atomic E-state index is 13.6. The smallest absolute Gasteiger partial charge is 0.237 e. The SMILES string of the molecule is O=C(CCl)N1CCC(c2ccccc2F)CC1. The third kappa shape index (κ3) is 2.78. The number of carbonyl (C=O) groups excluding carboxylic acids is 1. The van der Waals surface area contributed by atoms with Gasteiger partial charge in [-0.05, 0) is 30.4 Å². The van der Waals surface area contributed by atoms with Gasteiger partial charge in [0.2, 0.25) is 5.91 Å².